The van der Waals surface area contributed by atoms with Crippen LogP contribution in [-0.4, -0.2) is 33.7 Å². The smallest absolute Gasteiger partial charge is 0.260 e. The number of imide groups is 2. The van der Waals surface area contributed by atoms with Crippen molar-refractivity contribution in [3.63, 3.8) is 0 Å². The van der Waals surface area contributed by atoms with Crippen molar-refractivity contribution in [3.05, 3.63) is 135 Å². The summed E-state index contributed by atoms with van der Waals surface area (Å²) in [5.74, 6) is -4.55. The Hall–Kier alpha value is -4.77. The molecule has 0 bridgehead atoms. The number of aryl methyl sites for hydroxylation is 1. The number of nitrogens with zero attached hydrogens (tertiary/aromatic N) is 2. The van der Waals surface area contributed by atoms with Crippen molar-refractivity contribution in [3.8, 4) is 5.75 Å². The summed E-state index contributed by atoms with van der Waals surface area (Å²) in [6.07, 6.45) is 2.57. The average Bonchev–Trinajstić information content (AvgIpc) is 3.47. The van der Waals surface area contributed by atoms with Gasteiger partial charge in [0, 0.05) is 9.49 Å². The molecule has 4 aromatic carbocycles. The molecule has 6 atom stereocenters. The van der Waals surface area contributed by atoms with Crippen molar-refractivity contribution >= 4 is 57.6 Å². The van der Waals surface area contributed by atoms with Crippen molar-refractivity contribution in [1.82, 2.24) is 5.01 Å². The molecule has 4 aliphatic rings. The van der Waals surface area contributed by atoms with E-state index in [4.69, 9.17) is 0 Å². The summed E-state index contributed by atoms with van der Waals surface area (Å²) in [5, 5.41) is 11.9. The molecule has 8 rings (SSSR count). The van der Waals surface area contributed by atoms with Gasteiger partial charge in [-0.1, -0.05) is 71.8 Å². The van der Waals surface area contributed by atoms with Crippen molar-refractivity contribution in [2.45, 2.75) is 31.1 Å². The molecule has 4 aromatic rings. The van der Waals surface area contributed by atoms with Crippen molar-refractivity contribution in [2.24, 2.45) is 23.7 Å². The van der Waals surface area contributed by atoms with Gasteiger partial charge in [0.25, 0.3) is 11.8 Å². The van der Waals surface area contributed by atoms with Crippen molar-refractivity contribution in [2.75, 3.05) is 10.3 Å². The Kier molecular flexibility index (Phi) is 7.28. The van der Waals surface area contributed by atoms with Crippen LogP contribution in [-0.2, 0) is 24.6 Å². The Bertz CT molecular complexity index is 2010. The SMILES string of the molecule is Cc1ccc(NN2C(=O)[C@@H]3C[C@@H]4C(=CC[C@@H]5C(=O)N(c6ccc(I)cc6)C(=O)[C@@H]54)[C@H](c4cccc(O)c4)[C@]3(c3ccccc3)C2=O)cc1. The van der Waals surface area contributed by atoms with Crippen LogP contribution in [0.25, 0.3) is 0 Å². The first-order chi connectivity index (χ1) is 23.2. The summed E-state index contributed by atoms with van der Waals surface area (Å²) in [5.41, 5.74) is 6.11. The van der Waals surface area contributed by atoms with Crippen LogP contribution in [0.2, 0.25) is 0 Å². The Morgan fingerprint density at radius 3 is 2.25 bits per heavy atom. The highest BCUT2D eigenvalue weighted by Gasteiger charge is 2.70. The van der Waals surface area contributed by atoms with Gasteiger partial charge in [-0.05, 0) is 108 Å². The number of rotatable bonds is 5. The van der Waals surface area contributed by atoms with Gasteiger partial charge in [-0.3, -0.25) is 29.5 Å². The lowest BCUT2D eigenvalue weighted by atomic mass is 9.49. The molecule has 240 valence electrons. The maximum absolute atomic E-state index is 15.1. The van der Waals surface area contributed by atoms with Gasteiger partial charge in [-0.2, -0.15) is 5.01 Å². The lowest BCUT2D eigenvalue weighted by molar-refractivity contribution is -0.138. The Balaban J connectivity index is 1.31. The summed E-state index contributed by atoms with van der Waals surface area (Å²) in [7, 11) is 0. The minimum atomic E-state index is -1.37. The zero-order chi connectivity index (χ0) is 33.3. The summed E-state index contributed by atoms with van der Waals surface area (Å²) >= 11 is 2.19. The van der Waals surface area contributed by atoms with Gasteiger partial charge in [-0.15, -0.1) is 0 Å². The maximum atomic E-state index is 15.1. The van der Waals surface area contributed by atoms with Gasteiger partial charge in [0.15, 0.2) is 0 Å². The fourth-order valence-corrected chi connectivity index (χ4v) is 9.03. The van der Waals surface area contributed by atoms with Crippen LogP contribution in [0.1, 0.15) is 35.4 Å². The number of fused-ring (bicyclic) bond motifs is 4. The monoisotopic (exact) mass is 749 g/mol. The summed E-state index contributed by atoms with van der Waals surface area (Å²) < 4.78 is 0.989. The van der Waals surface area contributed by atoms with Crippen molar-refractivity contribution < 1.29 is 24.3 Å². The highest BCUT2D eigenvalue weighted by molar-refractivity contribution is 14.1. The number of carbonyl (C=O) groups excluding carboxylic acids is 4. The third kappa shape index (κ3) is 4.47. The molecule has 8 nitrogen and oxygen atoms in total. The van der Waals surface area contributed by atoms with E-state index in [1.165, 1.54) is 4.90 Å². The number of aromatic hydroxyl groups is 1. The van der Waals surface area contributed by atoms with Gasteiger partial charge >= 0.3 is 0 Å². The molecule has 2 heterocycles. The normalized spacial score (nSPS) is 27.8. The number of anilines is 2. The number of hydrogen-bond donors (Lipinski definition) is 2. The standard InChI is InChI=1S/C39H32IN3O5/c1-22-10-14-26(15-11-22)41-43-36(46)32-21-31-29(18-19-30-33(31)37(47)42(35(30)45)27-16-12-25(40)13-17-27)34(23-6-5-9-28(44)20-23)39(32,38(43)48)24-7-3-2-4-8-24/h2-18,20,30-34,41,44H,19,21H2,1H3/t30-,31+,32-,33-,34-,39+/m0/s1. The van der Waals surface area contributed by atoms with Gasteiger partial charge in [0.05, 0.1) is 34.5 Å². The molecule has 48 heavy (non-hydrogen) atoms. The molecule has 2 aliphatic heterocycles. The fraction of sp³-hybridized carbons (Fsp3) is 0.231. The summed E-state index contributed by atoms with van der Waals surface area (Å²) in [6.45, 7) is 1.96. The lowest BCUT2D eigenvalue weighted by Gasteiger charge is -2.50. The molecule has 0 unspecified atom stereocenters. The predicted molar refractivity (Wildman–Crippen MR) is 189 cm³/mol. The second-order valence-corrected chi connectivity index (χ2v) is 14.4. The zero-order valence-electron chi connectivity index (χ0n) is 26.0. The number of nitrogens with one attached hydrogen (secondary N) is 1. The molecule has 4 amide bonds. The molecule has 0 spiro atoms. The van der Waals surface area contributed by atoms with Gasteiger partial charge in [-0.25, -0.2) is 0 Å². The Morgan fingerprint density at radius 2 is 1.54 bits per heavy atom. The fourth-order valence-electron chi connectivity index (χ4n) is 8.67. The van der Waals surface area contributed by atoms with Crippen LogP contribution in [0.15, 0.2) is 115 Å². The number of carbonyl (C=O) groups is 4. The average molecular weight is 750 g/mol. The third-order valence-electron chi connectivity index (χ3n) is 10.7. The number of phenolic OH excluding ortho intramolecular Hbond substituents is 1. The van der Waals surface area contributed by atoms with E-state index in [2.05, 4.69) is 28.0 Å². The largest absolute Gasteiger partial charge is 0.508 e. The van der Waals surface area contributed by atoms with E-state index in [1.54, 1.807) is 30.3 Å². The highest BCUT2D eigenvalue weighted by Crippen LogP contribution is 2.64. The van der Waals surface area contributed by atoms with Crippen LogP contribution >= 0.6 is 22.6 Å². The van der Waals surface area contributed by atoms with Crippen LogP contribution < -0.4 is 10.3 Å². The third-order valence-corrected chi connectivity index (χ3v) is 11.4. The molecule has 0 radical (unpaired) electrons. The first-order valence-corrected chi connectivity index (χ1v) is 17.2. The number of hydrazine groups is 1. The van der Waals surface area contributed by atoms with E-state index in [9.17, 15) is 19.5 Å². The molecule has 2 N–H and O–H groups in total. The van der Waals surface area contributed by atoms with Crippen molar-refractivity contribution in [1.29, 1.82) is 0 Å². The predicted octanol–water partition coefficient (Wildman–Crippen LogP) is 6.49. The lowest BCUT2D eigenvalue weighted by Crippen LogP contribution is -2.53. The minimum absolute atomic E-state index is 0.0343. The maximum Gasteiger partial charge on any atom is 0.260 e. The number of halogens is 1. The second kappa shape index (κ2) is 11.4. The highest BCUT2D eigenvalue weighted by atomic mass is 127. The number of hydrogen-bond acceptors (Lipinski definition) is 6. The van der Waals surface area contributed by atoms with Gasteiger partial charge in [0.2, 0.25) is 11.8 Å². The van der Waals surface area contributed by atoms with E-state index in [-0.39, 0.29) is 29.9 Å². The van der Waals surface area contributed by atoms with Gasteiger partial charge < -0.3 is 5.11 Å². The van der Waals surface area contributed by atoms with Crippen LogP contribution in [0.4, 0.5) is 11.4 Å². The van der Waals surface area contributed by atoms with Crippen LogP contribution in [0.5, 0.6) is 5.75 Å². The molecule has 3 fully saturated rings. The molecular formula is C39H32IN3O5. The van der Waals surface area contributed by atoms with E-state index in [1.807, 2.05) is 85.8 Å². The molecule has 9 heteroatoms. The first kappa shape index (κ1) is 30.6. The number of amides is 4. The van der Waals surface area contributed by atoms with E-state index >= 15 is 4.79 Å². The number of allylic oxidation sites excluding steroid dienone is 2. The molecular weight excluding hydrogens is 717 g/mol. The summed E-state index contributed by atoms with van der Waals surface area (Å²) in [4.78, 5) is 59.4. The minimum Gasteiger partial charge on any atom is -0.508 e. The van der Waals surface area contributed by atoms with Crippen LogP contribution in [0.3, 0.4) is 0 Å². The summed E-state index contributed by atoms with van der Waals surface area (Å²) in [6, 6.07) is 31.0. The topological polar surface area (TPSA) is 107 Å². The first-order valence-electron chi connectivity index (χ1n) is 16.1. The van der Waals surface area contributed by atoms with Crippen LogP contribution in [0, 0.1) is 34.2 Å². The quantitative estimate of drug-likeness (QED) is 0.137. The number of benzene rings is 4. The second-order valence-electron chi connectivity index (χ2n) is 13.2. The Morgan fingerprint density at radius 1 is 0.812 bits per heavy atom. The molecule has 2 aliphatic carbocycles. The molecule has 2 saturated heterocycles. The number of phenols is 1. The Labute approximate surface area is 291 Å². The van der Waals surface area contributed by atoms with E-state index in [0.29, 0.717) is 28.9 Å². The molecule has 1 saturated carbocycles. The van der Waals surface area contributed by atoms with E-state index in [0.717, 1.165) is 19.7 Å². The molecule has 0 aromatic heterocycles. The zero-order valence-corrected chi connectivity index (χ0v) is 28.2. The van der Waals surface area contributed by atoms with E-state index < -0.39 is 40.9 Å². The van der Waals surface area contributed by atoms with Gasteiger partial charge in [0.1, 0.15) is 5.75 Å².